The van der Waals surface area contributed by atoms with Crippen molar-refractivity contribution in [1.29, 1.82) is 0 Å². The molecule has 0 aromatic carbocycles. The quantitative estimate of drug-likeness (QED) is 0.289. The highest BCUT2D eigenvalue weighted by Gasteiger charge is 2.30. The van der Waals surface area contributed by atoms with Crippen molar-refractivity contribution in [2.45, 2.75) is 214 Å². The molecule has 1 heteroatoms. The molecule has 0 radical (unpaired) electrons. The van der Waals surface area contributed by atoms with Crippen LogP contribution in [0.1, 0.15) is 214 Å². The van der Waals surface area contributed by atoms with Crippen LogP contribution >= 0.6 is 0 Å². The summed E-state index contributed by atoms with van der Waals surface area (Å²) < 4.78 is 0. The van der Waals surface area contributed by atoms with Crippen molar-refractivity contribution in [3.8, 4) is 0 Å². The molecule has 0 N–H and O–H groups in total. The normalized spacial score (nSPS) is 19.1. The highest BCUT2D eigenvalue weighted by atomic mass is 16.1. The minimum absolute atomic E-state index is 0.454. The van der Waals surface area contributed by atoms with Gasteiger partial charge in [-0.3, -0.25) is 4.79 Å². The fourth-order valence-electron chi connectivity index (χ4n) is 4.17. The lowest BCUT2D eigenvalue weighted by atomic mass is 10.0. The van der Waals surface area contributed by atoms with Crippen LogP contribution in [-0.4, -0.2) is 5.78 Å². The van der Waals surface area contributed by atoms with Gasteiger partial charge < -0.3 is 0 Å². The number of ketones is 1. The molecule has 4 saturated carbocycles. The molecule has 0 spiro atoms. The van der Waals surface area contributed by atoms with E-state index in [9.17, 15) is 4.79 Å². The Balaban J connectivity index is -0.0000000812. The van der Waals surface area contributed by atoms with Crippen molar-refractivity contribution in [2.75, 3.05) is 0 Å². The SMILES string of the molecule is C1CC2CCCC2C1.C1CCCC1.CC.CC.CC.CC.CC(C)C.CC(C)C.CC(C)C.O=C1CCCC1. The molecular formula is C38H86O. The molecule has 0 amide bonds. The van der Waals surface area contributed by atoms with Gasteiger partial charge in [0.2, 0.25) is 0 Å². The van der Waals surface area contributed by atoms with E-state index in [-0.39, 0.29) is 0 Å². The van der Waals surface area contributed by atoms with Crippen LogP contribution in [0.4, 0.5) is 0 Å². The predicted octanol–water partition coefficient (Wildman–Crippen LogP) is 14.8. The Hall–Kier alpha value is -0.330. The van der Waals surface area contributed by atoms with Crippen LogP contribution in [0.25, 0.3) is 0 Å². The zero-order valence-corrected chi connectivity index (χ0v) is 31.4. The van der Waals surface area contributed by atoms with Crippen LogP contribution in [0.2, 0.25) is 0 Å². The minimum atomic E-state index is 0.454. The summed E-state index contributed by atoms with van der Waals surface area (Å²) in [6.45, 7) is 35.5. The summed E-state index contributed by atoms with van der Waals surface area (Å²) in [6.07, 6.45) is 20.8. The fourth-order valence-corrected chi connectivity index (χ4v) is 4.17. The third kappa shape index (κ3) is 62.6. The van der Waals surface area contributed by atoms with Gasteiger partial charge in [-0.1, -0.05) is 188 Å². The molecule has 1 nitrogen and oxygen atoms in total. The highest BCUT2D eigenvalue weighted by Crippen LogP contribution is 2.43. The van der Waals surface area contributed by atoms with E-state index in [1.807, 2.05) is 55.4 Å². The molecule has 0 aromatic rings. The molecule has 39 heavy (non-hydrogen) atoms. The van der Waals surface area contributed by atoms with E-state index in [0.717, 1.165) is 43.4 Å². The number of hydrogen-bond acceptors (Lipinski definition) is 1. The van der Waals surface area contributed by atoms with Gasteiger partial charge in [-0.15, -0.1) is 0 Å². The lowest BCUT2D eigenvalue weighted by Crippen LogP contribution is -1.95. The van der Waals surface area contributed by atoms with Crippen molar-refractivity contribution in [2.24, 2.45) is 29.6 Å². The first-order valence-corrected chi connectivity index (χ1v) is 18.1. The third-order valence-electron chi connectivity index (χ3n) is 5.38. The van der Waals surface area contributed by atoms with E-state index in [1.54, 1.807) is 25.7 Å². The van der Waals surface area contributed by atoms with Gasteiger partial charge in [0.15, 0.2) is 0 Å². The lowest BCUT2D eigenvalue weighted by Gasteiger charge is -2.04. The monoisotopic (exact) mass is 559 g/mol. The average Bonchev–Trinajstić information content (AvgIpc) is 3.71. The highest BCUT2D eigenvalue weighted by molar-refractivity contribution is 5.80. The Morgan fingerprint density at radius 1 is 0.385 bits per heavy atom. The molecule has 0 aromatic heterocycles. The largest absolute Gasteiger partial charge is 0.300 e. The van der Waals surface area contributed by atoms with Crippen LogP contribution < -0.4 is 0 Å². The number of fused-ring (bicyclic) bond motifs is 1. The van der Waals surface area contributed by atoms with Gasteiger partial charge in [0.25, 0.3) is 0 Å². The number of Topliss-reactive ketones (excluding diaryl/α,β-unsaturated/α-hetero) is 1. The molecule has 0 heterocycles. The summed E-state index contributed by atoms with van der Waals surface area (Å²) in [5.74, 6) is 5.31. The summed E-state index contributed by atoms with van der Waals surface area (Å²) in [6, 6.07) is 0. The molecule has 4 aliphatic rings. The Bertz CT molecular complexity index is 307. The van der Waals surface area contributed by atoms with Gasteiger partial charge in [-0.2, -0.15) is 0 Å². The summed E-state index contributed by atoms with van der Waals surface area (Å²) in [5.41, 5.74) is 0. The van der Waals surface area contributed by atoms with Crippen molar-refractivity contribution < 1.29 is 4.79 Å². The van der Waals surface area contributed by atoms with E-state index < -0.39 is 0 Å². The molecule has 244 valence electrons. The van der Waals surface area contributed by atoms with Crippen LogP contribution in [0, 0.1) is 29.6 Å². The first-order valence-electron chi connectivity index (χ1n) is 18.1. The molecule has 4 rings (SSSR count). The Kier molecular flexibility index (Phi) is 62.6. The van der Waals surface area contributed by atoms with E-state index in [0.29, 0.717) is 5.78 Å². The summed E-state index contributed by atoms with van der Waals surface area (Å²) in [4.78, 5) is 10.2. The maximum atomic E-state index is 10.2. The second-order valence-electron chi connectivity index (χ2n) is 12.1. The second kappa shape index (κ2) is 47.5. The van der Waals surface area contributed by atoms with Gasteiger partial charge >= 0.3 is 0 Å². The van der Waals surface area contributed by atoms with E-state index in [2.05, 4.69) is 62.3 Å². The van der Waals surface area contributed by atoms with E-state index >= 15 is 0 Å². The number of carbonyl (C=O) groups is 1. The van der Waals surface area contributed by atoms with Gasteiger partial charge in [0, 0.05) is 12.8 Å². The summed E-state index contributed by atoms with van der Waals surface area (Å²) in [5, 5.41) is 0. The number of rotatable bonds is 0. The van der Waals surface area contributed by atoms with Gasteiger partial charge in [-0.25, -0.2) is 0 Å². The summed E-state index contributed by atoms with van der Waals surface area (Å²) in [7, 11) is 0. The maximum absolute atomic E-state index is 10.2. The Morgan fingerprint density at radius 2 is 0.564 bits per heavy atom. The molecule has 0 saturated heterocycles. The fraction of sp³-hybridized carbons (Fsp3) is 0.974. The topological polar surface area (TPSA) is 17.1 Å². The second-order valence-corrected chi connectivity index (χ2v) is 12.1. The van der Waals surface area contributed by atoms with Crippen LogP contribution in [0.3, 0.4) is 0 Å². The van der Waals surface area contributed by atoms with Crippen LogP contribution in [-0.2, 0) is 4.79 Å². The molecule has 4 aliphatic carbocycles. The zero-order valence-electron chi connectivity index (χ0n) is 31.4. The van der Waals surface area contributed by atoms with Crippen LogP contribution in [0.15, 0.2) is 0 Å². The van der Waals surface area contributed by atoms with Crippen molar-refractivity contribution in [3.05, 3.63) is 0 Å². The predicted molar refractivity (Wildman–Crippen MR) is 188 cm³/mol. The molecule has 0 atom stereocenters. The Morgan fingerprint density at radius 3 is 0.692 bits per heavy atom. The minimum Gasteiger partial charge on any atom is -0.300 e. The molecule has 0 bridgehead atoms. The first-order chi connectivity index (χ1) is 18.6. The van der Waals surface area contributed by atoms with E-state index in [1.165, 1.54) is 56.8 Å². The third-order valence-corrected chi connectivity index (χ3v) is 5.38. The smallest absolute Gasteiger partial charge is 0.132 e. The van der Waals surface area contributed by atoms with Gasteiger partial charge in [0.1, 0.15) is 5.78 Å². The molecular weight excluding hydrogens is 472 g/mol. The van der Waals surface area contributed by atoms with Crippen LogP contribution in [0.5, 0.6) is 0 Å². The molecule has 0 aliphatic heterocycles. The van der Waals surface area contributed by atoms with Gasteiger partial charge in [-0.05, 0) is 42.4 Å². The van der Waals surface area contributed by atoms with Gasteiger partial charge in [0.05, 0.1) is 0 Å². The standard InChI is InChI=1S/C8H14.C5H8O.C5H10.3C4H10.4C2H6/c1-3-7-5-2-6-8(7)4-1;6-5-3-1-2-4-5;1-2-4-5-3-1;3*1-4(2)3;4*1-2/h7-8H,1-6H2;1-4H2;1-5H2;3*4H,1-3H3;4*1-2H3. The maximum Gasteiger partial charge on any atom is 0.132 e. The zero-order chi connectivity index (χ0) is 32.1. The van der Waals surface area contributed by atoms with Crippen molar-refractivity contribution in [1.82, 2.24) is 0 Å². The first kappa shape index (κ1) is 51.4. The lowest BCUT2D eigenvalue weighted by molar-refractivity contribution is -0.117. The van der Waals surface area contributed by atoms with Crippen molar-refractivity contribution in [3.63, 3.8) is 0 Å². The van der Waals surface area contributed by atoms with E-state index in [4.69, 9.17) is 0 Å². The van der Waals surface area contributed by atoms with Crippen molar-refractivity contribution >= 4 is 5.78 Å². The molecule has 4 fully saturated rings. The Labute approximate surface area is 253 Å². The molecule has 0 unspecified atom stereocenters. The number of carbonyl (C=O) groups excluding carboxylic acids is 1. The average molecular weight is 559 g/mol. The number of hydrogen-bond donors (Lipinski definition) is 0. The summed E-state index contributed by atoms with van der Waals surface area (Å²) >= 11 is 0.